The van der Waals surface area contributed by atoms with Crippen LogP contribution in [0, 0.1) is 5.92 Å². The number of aromatic nitrogens is 1. The Morgan fingerprint density at radius 3 is 2.45 bits per heavy atom. The van der Waals surface area contributed by atoms with E-state index in [2.05, 4.69) is 29.3 Å². The monoisotopic (exact) mass is 389 g/mol. The van der Waals surface area contributed by atoms with Crippen LogP contribution in [-0.4, -0.2) is 35.7 Å². The van der Waals surface area contributed by atoms with E-state index in [4.69, 9.17) is 5.73 Å². The molecule has 1 amide bonds. The lowest BCUT2D eigenvalue weighted by Crippen LogP contribution is -2.41. The number of hydrogen-bond acceptors (Lipinski definition) is 4. The molecule has 0 spiro atoms. The Morgan fingerprint density at radius 1 is 1.07 bits per heavy atom. The van der Waals surface area contributed by atoms with E-state index in [9.17, 15) is 14.4 Å². The first-order valence-electron chi connectivity index (χ1n) is 9.80. The van der Waals surface area contributed by atoms with Crippen molar-refractivity contribution in [3.8, 4) is 0 Å². The summed E-state index contributed by atoms with van der Waals surface area (Å²) in [4.78, 5) is 34.8. The molecule has 0 saturated carbocycles. The molecule has 1 aromatic heterocycles. The van der Waals surface area contributed by atoms with Gasteiger partial charge in [-0.3, -0.25) is 19.1 Å². The van der Waals surface area contributed by atoms with Gasteiger partial charge in [-0.2, -0.15) is 0 Å². The van der Waals surface area contributed by atoms with Gasteiger partial charge in [-0.25, -0.2) is 0 Å². The number of ketones is 1. The number of hydrogen-bond donors (Lipinski definition) is 1. The molecule has 0 bridgehead atoms. The lowest BCUT2D eigenvalue weighted by Gasteiger charge is -2.34. The minimum atomic E-state index is -0.602. The van der Waals surface area contributed by atoms with Crippen LogP contribution >= 0.6 is 0 Å². The number of fused-ring (bicyclic) bond motifs is 1. The van der Waals surface area contributed by atoms with Gasteiger partial charge >= 0.3 is 0 Å². The Morgan fingerprint density at radius 2 is 1.79 bits per heavy atom. The number of rotatable bonds is 6. The van der Waals surface area contributed by atoms with Gasteiger partial charge in [0.25, 0.3) is 0 Å². The van der Waals surface area contributed by atoms with E-state index in [1.165, 1.54) is 5.56 Å². The van der Waals surface area contributed by atoms with Crippen molar-refractivity contribution >= 4 is 28.9 Å². The van der Waals surface area contributed by atoms with Crippen molar-refractivity contribution in [2.75, 3.05) is 18.1 Å². The Kier molecular flexibility index (Phi) is 5.16. The van der Waals surface area contributed by atoms with Gasteiger partial charge in [0.05, 0.1) is 11.1 Å². The maximum atomic E-state index is 12.1. The minimum absolute atomic E-state index is 0.296. The van der Waals surface area contributed by atoms with Crippen LogP contribution in [0.4, 0.5) is 0 Å². The topological polar surface area (TPSA) is 85.4 Å². The summed E-state index contributed by atoms with van der Waals surface area (Å²) >= 11 is 0. The molecule has 2 aromatic carbocycles. The molecular weight excluding hydrogens is 366 g/mol. The molecule has 29 heavy (non-hydrogen) atoms. The highest BCUT2D eigenvalue weighted by atomic mass is 16.2. The van der Waals surface area contributed by atoms with Crippen molar-refractivity contribution in [1.29, 1.82) is 0 Å². The molecule has 1 aliphatic rings. The molecule has 1 saturated heterocycles. The standard InChI is InChI=1S/C23H23N3O3/c24-23(29)18-6-7-21-19(13-18)20(22(28)15-27)14-26(21)25-10-8-17(9-11-25)12-16-4-2-1-3-5-16/h1-7,13-15,17H,8-12H2,(H2,24,29). The molecule has 0 atom stereocenters. The van der Waals surface area contributed by atoms with Gasteiger partial charge in [0, 0.05) is 30.2 Å². The Bertz CT molecular complexity index is 1060. The Balaban J connectivity index is 1.58. The summed E-state index contributed by atoms with van der Waals surface area (Å²) in [5, 5.41) is 2.76. The third kappa shape index (κ3) is 3.78. The molecule has 0 unspecified atom stereocenters. The molecule has 3 aromatic rings. The second-order valence-corrected chi connectivity index (χ2v) is 7.55. The zero-order chi connectivity index (χ0) is 20.4. The average Bonchev–Trinajstić information content (AvgIpc) is 3.13. The van der Waals surface area contributed by atoms with Crippen molar-refractivity contribution < 1.29 is 14.4 Å². The van der Waals surface area contributed by atoms with Crippen LogP contribution in [0.5, 0.6) is 0 Å². The van der Waals surface area contributed by atoms with Crippen molar-refractivity contribution in [2.24, 2.45) is 11.7 Å². The number of benzene rings is 2. The normalized spacial score (nSPS) is 14.8. The number of aldehydes is 1. The molecule has 148 valence electrons. The number of piperidine rings is 1. The van der Waals surface area contributed by atoms with Crippen LogP contribution in [0.15, 0.2) is 54.7 Å². The summed E-state index contributed by atoms with van der Waals surface area (Å²) in [6, 6.07) is 15.5. The smallest absolute Gasteiger partial charge is 0.248 e. The van der Waals surface area contributed by atoms with Crippen molar-refractivity contribution in [3.63, 3.8) is 0 Å². The van der Waals surface area contributed by atoms with Gasteiger partial charge in [0.1, 0.15) is 0 Å². The van der Waals surface area contributed by atoms with Crippen LogP contribution < -0.4 is 10.7 Å². The first-order chi connectivity index (χ1) is 14.1. The van der Waals surface area contributed by atoms with Crippen LogP contribution in [0.2, 0.25) is 0 Å². The van der Waals surface area contributed by atoms with Crippen molar-refractivity contribution in [2.45, 2.75) is 19.3 Å². The quantitative estimate of drug-likeness (QED) is 0.399. The molecule has 6 nitrogen and oxygen atoms in total. The zero-order valence-electron chi connectivity index (χ0n) is 16.1. The highest BCUT2D eigenvalue weighted by Crippen LogP contribution is 2.27. The molecule has 1 aliphatic heterocycles. The predicted octanol–water partition coefficient (Wildman–Crippen LogP) is 2.71. The second-order valence-electron chi connectivity index (χ2n) is 7.55. The lowest BCUT2D eigenvalue weighted by atomic mass is 9.91. The van der Waals surface area contributed by atoms with E-state index in [0.29, 0.717) is 28.7 Å². The van der Waals surface area contributed by atoms with Crippen LogP contribution in [0.3, 0.4) is 0 Å². The Labute approximate surface area is 168 Å². The SMILES string of the molecule is NC(=O)c1ccc2c(c1)c(C(=O)C=O)cn2N1CCC(Cc2ccccc2)CC1. The molecule has 4 rings (SSSR count). The van der Waals surface area contributed by atoms with Gasteiger partial charge < -0.3 is 10.7 Å². The molecule has 2 heterocycles. The van der Waals surface area contributed by atoms with Gasteiger partial charge in [-0.1, -0.05) is 30.3 Å². The molecule has 1 fully saturated rings. The van der Waals surface area contributed by atoms with Crippen LogP contribution in [0.1, 0.15) is 39.1 Å². The first-order valence-corrected chi connectivity index (χ1v) is 9.80. The van der Waals surface area contributed by atoms with Crippen molar-refractivity contribution in [1.82, 2.24) is 4.68 Å². The number of carbonyl (C=O) groups excluding carboxylic acids is 3. The molecule has 6 heteroatoms. The number of carbonyl (C=O) groups is 3. The van der Waals surface area contributed by atoms with Crippen molar-refractivity contribution in [3.05, 3.63) is 71.4 Å². The minimum Gasteiger partial charge on any atom is -0.366 e. The zero-order valence-corrected chi connectivity index (χ0v) is 16.1. The summed E-state index contributed by atoms with van der Waals surface area (Å²) in [6.07, 6.45) is 5.17. The van der Waals surface area contributed by atoms with Crippen LogP contribution in [0.25, 0.3) is 10.9 Å². The van der Waals surface area contributed by atoms with E-state index in [1.807, 2.05) is 10.7 Å². The van der Waals surface area contributed by atoms with E-state index in [0.717, 1.165) is 37.9 Å². The first kappa shape index (κ1) is 18.9. The highest BCUT2D eigenvalue weighted by molar-refractivity contribution is 6.36. The summed E-state index contributed by atoms with van der Waals surface area (Å²) < 4.78 is 1.94. The largest absolute Gasteiger partial charge is 0.366 e. The Hall–Kier alpha value is -3.41. The number of amides is 1. The maximum absolute atomic E-state index is 12.1. The van der Waals surface area contributed by atoms with E-state index >= 15 is 0 Å². The third-order valence-corrected chi connectivity index (χ3v) is 5.70. The fourth-order valence-electron chi connectivity index (χ4n) is 4.15. The summed E-state index contributed by atoms with van der Waals surface area (Å²) in [5.74, 6) is -0.548. The molecule has 0 aliphatic carbocycles. The molecule has 0 radical (unpaired) electrons. The highest BCUT2D eigenvalue weighted by Gasteiger charge is 2.23. The molecule has 2 N–H and O–H groups in total. The van der Waals surface area contributed by atoms with Gasteiger partial charge in [-0.05, 0) is 48.9 Å². The summed E-state index contributed by atoms with van der Waals surface area (Å²) in [5.41, 5.74) is 8.14. The van der Waals surface area contributed by atoms with Gasteiger partial charge in [0.15, 0.2) is 6.29 Å². The van der Waals surface area contributed by atoms with E-state index < -0.39 is 11.7 Å². The van der Waals surface area contributed by atoms with Crippen LogP contribution in [-0.2, 0) is 11.2 Å². The van der Waals surface area contributed by atoms with E-state index in [-0.39, 0.29) is 0 Å². The number of nitrogens with two attached hydrogens (primary N) is 1. The number of primary amides is 1. The number of nitrogens with zero attached hydrogens (tertiary/aromatic N) is 2. The fraction of sp³-hybridized carbons (Fsp3) is 0.261. The molecular formula is C23H23N3O3. The van der Waals surface area contributed by atoms with Gasteiger partial charge in [-0.15, -0.1) is 0 Å². The second kappa shape index (κ2) is 7.91. The average molecular weight is 389 g/mol. The summed E-state index contributed by atoms with van der Waals surface area (Å²) in [7, 11) is 0. The van der Waals surface area contributed by atoms with E-state index in [1.54, 1.807) is 24.4 Å². The fourth-order valence-corrected chi connectivity index (χ4v) is 4.15. The number of Topliss-reactive ketones (excluding diaryl/α,β-unsaturated/α-hetero) is 1. The lowest BCUT2D eigenvalue weighted by molar-refractivity contribution is -0.104. The summed E-state index contributed by atoms with van der Waals surface area (Å²) in [6.45, 7) is 1.71. The maximum Gasteiger partial charge on any atom is 0.248 e. The van der Waals surface area contributed by atoms with Gasteiger partial charge in [0.2, 0.25) is 11.7 Å². The third-order valence-electron chi connectivity index (χ3n) is 5.70. The predicted molar refractivity (Wildman–Crippen MR) is 112 cm³/mol.